The third kappa shape index (κ3) is 6.38. The minimum Gasteiger partial charge on any atom is -0.299 e. The van der Waals surface area contributed by atoms with Gasteiger partial charge in [0.15, 0.2) is 0 Å². The van der Waals surface area contributed by atoms with E-state index >= 15 is 0 Å². The number of nitrogens with one attached hydrogen (secondary N) is 1. The maximum atomic E-state index is 12.9. The van der Waals surface area contributed by atoms with Crippen molar-refractivity contribution in [2.75, 3.05) is 0 Å². The molecule has 0 amide bonds. The molecule has 4 nitrogen and oxygen atoms in total. The second-order valence-corrected chi connectivity index (χ2v) is 8.94. The van der Waals surface area contributed by atoms with Crippen LogP contribution in [0.1, 0.15) is 23.1 Å². The van der Waals surface area contributed by atoms with Gasteiger partial charge in [0, 0.05) is 18.9 Å². The molecule has 0 saturated carbocycles. The van der Waals surface area contributed by atoms with Crippen LogP contribution in [0.15, 0.2) is 89.8 Å². The van der Waals surface area contributed by atoms with Crippen molar-refractivity contribution >= 4 is 15.8 Å². The lowest BCUT2D eigenvalue weighted by Crippen LogP contribution is -2.38. The Morgan fingerprint density at radius 3 is 1.97 bits per heavy atom. The molecule has 0 aliphatic heterocycles. The molecule has 0 bridgehead atoms. The molecular weight excluding hydrogens is 382 g/mol. The van der Waals surface area contributed by atoms with Crippen LogP contribution in [0.4, 0.5) is 0 Å². The zero-order chi connectivity index (χ0) is 20.7. The van der Waals surface area contributed by atoms with E-state index in [0.29, 0.717) is 12.8 Å². The molecule has 3 aromatic rings. The summed E-state index contributed by atoms with van der Waals surface area (Å²) in [6.45, 7) is 1.91. The maximum Gasteiger partial charge on any atom is 0.240 e. The number of Topliss-reactive ketones (excluding diaryl/α,β-unsaturated/α-hetero) is 1. The molecule has 0 aliphatic carbocycles. The van der Waals surface area contributed by atoms with E-state index in [9.17, 15) is 13.2 Å². The molecule has 150 valence electrons. The molecule has 3 aromatic carbocycles. The molecule has 3 rings (SSSR count). The normalized spacial score (nSPS) is 12.4. The van der Waals surface area contributed by atoms with Gasteiger partial charge >= 0.3 is 0 Å². The van der Waals surface area contributed by atoms with Crippen molar-refractivity contribution in [3.05, 3.63) is 102 Å². The molecule has 1 atom stereocenters. The zero-order valence-corrected chi connectivity index (χ0v) is 17.2. The van der Waals surface area contributed by atoms with E-state index in [-0.39, 0.29) is 17.1 Å². The van der Waals surface area contributed by atoms with Gasteiger partial charge in [-0.15, -0.1) is 0 Å². The molecule has 29 heavy (non-hydrogen) atoms. The molecule has 0 saturated heterocycles. The van der Waals surface area contributed by atoms with Gasteiger partial charge in [0.2, 0.25) is 10.0 Å². The van der Waals surface area contributed by atoms with Crippen LogP contribution >= 0.6 is 0 Å². The third-order valence-corrected chi connectivity index (χ3v) is 6.23. The highest BCUT2D eigenvalue weighted by Crippen LogP contribution is 2.15. The average Bonchev–Trinajstić information content (AvgIpc) is 2.69. The number of carbonyl (C=O) groups is 1. The number of sulfonamides is 1. The second kappa shape index (κ2) is 9.63. The van der Waals surface area contributed by atoms with Crippen molar-refractivity contribution in [2.24, 2.45) is 0 Å². The summed E-state index contributed by atoms with van der Waals surface area (Å²) in [5.74, 6) is 0.00346. The Balaban J connectivity index is 1.76. The summed E-state index contributed by atoms with van der Waals surface area (Å²) >= 11 is 0. The van der Waals surface area contributed by atoms with E-state index in [0.717, 1.165) is 16.7 Å². The van der Waals surface area contributed by atoms with Crippen molar-refractivity contribution in [1.29, 1.82) is 0 Å². The van der Waals surface area contributed by atoms with Gasteiger partial charge in [-0.1, -0.05) is 78.4 Å². The van der Waals surface area contributed by atoms with E-state index in [1.165, 1.54) is 0 Å². The van der Waals surface area contributed by atoms with Crippen LogP contribution in [0.25, 0.3) is 0 Å². The summed E-state index contributed by atoms with van der Waals surface area (Å²) in [5, 5.41) is 0. The van der Waals surface area contributed by atoms with Crippen LogP contribution in [-0.4, -0.2) is 20.2 Å². The van der Waals surface area contributed by atoms with Crippen molar-refractivity contribution in [3.63, 3.8) is 0 Å². The van der Waals surface area contributed by atoms with Crippen LogP contribution in [0.5, 0.6) is 0 Å². The van der Waals surface area contributed by atoms with E-state index in [1.807, 2.05) is 67.6 Å². The first kappa shape index (κ1) is 21.0. The average molecular weight is 408 g/mol. The Morgan fingerprint density at radius 1 is 0.828 bits per heavy atom. The number of benzene rings is 3. The number of hydrogen-bond donors (Lipinski definition) is 1. The molecule has 0 unspecified atom stereocenters. The summed E-state index contributed by atoms with van der Waals surface area (Å²) < 4.78 is 28.5. The summed E-state index contributed by atoms with van der Waals surface area (Å²) in [6.07, 6.45) is 0.875. The largest absolute Gasteiger partial charge is 0.299 e. The van der Waals surface area contributed by atoms with Gasteiger partial charge in [0.25, 0.3) is 0 Å². The first-order chi connectivity index (χ1) is 13.9. The SMILES string of the molecule is Cc1ccc(S(=O)(=O)N[C@H](CC(=O)Cc2ccccc2)Cc2ccccc2)cc1. The second-order valence-electron chi connectivity index (χ2n) is 7.23. The molecule has 0 spiro atoms. The zero-order valence-electron chi connectivity index (χ0n) is 16.4. The fraction of sp³-hybridized carbons (Fsp3) is 0.208. The van der Waals surface area contributed by atoms with Crippen LogP contribution < -0.4 is 4.72 Å². The van der Waals surface area contributed by atoms with Crippen molar-refractivity contribution in [2.45, 2.75) is 37.1 Å². The Bertz CT molecular complexity index is 1030. The van der Waals surface area contributed by atoms with Crippen molar-refractivity contribution < 1.29 is 13.2 Å². The Labute approximate surface area is 172 Å². The lowest BCUT2D eigenvalue weighted by atomic mass is 9.99. The Kier molecular flexibility index (Phi) is 6.96. The summed E-state index contributed by atoms with van der Waals surface area (Å²) in [7, 11) is -3.72. The van der Waals surface area contributed by atoms with E-state index in [1.54, 1.807) is 24.3 Å². The molecule has 5 heteroatoms. The standard InChI is InChI=1S/C24H25NO3S/c1-19-12-14-24(15-13-19)29(27,28)25-22(16-20-8-4-2-5-9-20)18-23(26)17-21-10-6-3-7-11-21/h2-15,22,25H,16-18H2,1H3/t22-/m0/s1. The number of aryl methyl sites for hydroxylation is 1. The van der Waals surface area contributed by atoms with Crippen LogP contribution in [-0.2, 0) is 27.7 Å². The fourth-order valence-corrected chi connectivity index (χ4v) is 4.47. The number of rotatable bonds is 9. The number of carbonyl (C=O) groups excluding carboxylic acids is 1. The molecule has 0 fully saturated rings. The molecule has 1 N–H and O–H groups in total. The third-order valence-electron chi connectivity index (χ3n) is 4.70. The van der Waals surface area contributed by atoms with Crippen LogP contribution in [0.2, 0.25) is 0 Å². The van der Waals surface area contributed by atoms with E-state index in [4.69, 9.17) is 0 Å². The van der Waals surface area contributed by atoms with Crippen LogP contribution in [0.3, 0.4) is 0 Å². The molecule has 0 aromatic heterocycles. The predicted octanol–water partition coefficient (Wildman–Crippen LogP) is 4.09. The van der Waals surface area contributed by atoms with Gasteiger partial charge in [-0.05, 0) is 36.6 Å². The first-order valence-corrected chi connectivity index (χ1v) is 11.1. The minimum absolute atomic E-state index is 0.00346. The Morgan fingerprint density at radius 2 is 1.38 bits per heavy atom. The number of ketones is 1. The smallest absolute Gasteiger partial charge is 0.240 e. The molecular formula is C24H25NO3S. The lowest BCUT2D eigenvalue weighted by molar-refractivity contribution is -0.118. The van der Waals surface area contributed by atoms with E-state index in [2.05, 4.69) is 4.72 Å². The highest BCUT2D eigenvalue weighted by molar-refractivity contribution is 7.89. The van der Waals surface area contributed by atoms with Gasteiger partial charge in [-0.2, -0.15) is 0 Å². The van der Waals surface area contributed by atoms with Crippen LogP contribution in [0, 0.1) is 6.92 Å². The monoisotopic (exact) mass is 407 g/mol. The maximum absolute atomic E-state index is 12.9. The summed E-state index contributed by atoms with van der Waals surface area (Å²) in [6, 6.07) is 25.3. The lowest BCUT2D eigenvalue weighted by Gasteiger charge is -2.19. The first-order valence-electron chi connectivity index (χ1n) is 9.61. The molecule has 0 radical (unpaired) electrons. The number of hydrogen-bond acceptors (Lipinski definition) is 3. The predicted molar refractivity (Wildman–Crippen MR) is 115 cm³/mol. The fourth-order valence-electron chi connectivity index (χ4n) is 3.23. The van der Waals surface area contributed by atoms with Gasteiger partial charge in [-0.25, -0.2) is 13.1 Å². The van der Waals surface area contributed by atoms with Crippen molar-refractivity contribution in [3.8, 4) is 0 Å². The summed E-state index contributed by atoms with van der Waals surface area (Å²) in [5.41, 5.74) is 2.90. The minimum atomic E-state index is -3.72. The topological polar surface area (TPSA) is 63.2 Å². The molecule has 0 heterocycles. The van der Waals surface area contributed by atoms with Gasteiger partial charge in [0.1, 0.15) is 5.78 Å². The van der Waals surface area contributed by atoms with E-state index < -0.39 is 16.1 Å². The van der Waals surface area contributed by atoms with Crippen molar-refractivity contribution in [1.82, 2.24) is 4.72 Å². The summed E-state index contributed by atoms with van der Waals surface area (Å²) in [4.78, 5) is 12.9. The van der Waals surface area contributed by atoms with Gasteiger partial charge < -0.3 is 0 Å². The molecule has 0 aliphatic rings. The van der Waals surface area contributed by atoms with Gasteiger partial charge in [0.05, 0.1) is 4.90 Å². The highest BCUT2D eigenvalue weighted by Gasteiger charge is 2.22. The highest BCUT2D eigenvalue weighted by atomic mass is 32.2. The quantitative estimate of drug-likeness (QED) is 0.581. The van der Waals surface area contributed by atoms with Gasteiger partial charge in [-0.3, -0.25) is 4.79 Å². The Hall–Kier alpha value is -2.76.